The Morgan fingerprint density at radius 3 is 2.65 bits per heavy atom. The third-order valence-corrected chi connectivity index (χ3v) is 4.49. The number of urea groups is 1. The predicted octanol–water partition coefficient (Wildman–Crippen LogP) is 4.78. The van der Waals surface area contributed by atoms with E-state index in [-0.39, 0.29) is 12.1 Å². The number of amides is 2. The smallest absolute Gasteiger partial charge is 0.319 e. The van der Waals surface area contributed by atoms with Crippen LogP contribution in [0.3, 0.4) is 0 Å². The van der Waals surface area contributed by atoms with Crippen molar-refractivity contribution in [2.24, 2.45) is 8.73 Å². The number of carbonyl (C=O) groups excluding carboxylic acids is 1. The van der Waals surface area contributed by atoms with Gasteiger partial charge in [-0.3, -0.25) is 0 Å². The minimum atomic E-state index is -0.268. The molecule has 0 atom stereocenters. The van der Waals surface area contributed by atoms with Crippen molar-refractivity contribution in [2.45, 2.75) is 31.7 Å². The largest absolute Gasteiger partial charge is 0.335 e. The summed E-state index contributed by atoms with van der Waals surface area (Å²) in [4.78, 5) is 12.0. The second-order valence-electron chi connectivity index (χ2n) is 4.76. The average Bonchev–Trinajstić information content (AvgIpc) is 3.04. The Morgan fingerprint density at radius 2 is 1.90 bits per heavy atom. The molecule has 1 fully saturated rings. The van der Waals surface area contributed by atoms with Gasteiger partial charge in [0, 0.05) is 6.04 Å². The molecule has 1 aliphatic heterocycles. The molecule has 1 saturated carbocycles. The Bertz CT molecular complexity index is 637. The minimum Gasteiger partial charge on any atom is -0.335 e. The SMILES string of the molecule is O=C(Nc1c(Cl)cc(Cl)c2c1N=S=N2)NC1CCCC1. The standard InChI is InChI=1S/C12H12Cl2N4OS/c13-7-5-8(14)10-11(18-20-17-10)9(7)16-12(19)15-6-3-1-2-4-6/h5-6H,1-4H2,(H2,15,16,19). The van der Waals surface area contributed by atoms with Crippen LogP contribution in [0.1, 0.15) is 25.7 Å². The highest BCUT2D eigenvalue weighted by atomic mass is 35.5. The first-order chi connectivity index (χ1) is 9.65. The molecule has 1 aromatic carbocycles. The third-order valence-electron chi connectivity index (χ3n) is 3.37. The van der Waals surface area contributed by atoms with Crippen molar-refractivity contribution in [1.82, 2.24) is 5.32 Å². The molecule has 0 bridgehead atoms. The molecule has 0 unspecified atom stereocenters. The van der Waals surface area contributed by atoms with Crippen LogP contribution in [0.5, 0.6) is 0 Å². The van der Waals surface area contributed by atoms with Gasteiger partial charge in [0.1, 0.15) is 11.4 Å². The van der Waals surface area contributed by atoms with Crippen LogP contribution in [0.15, 0.2) is 14.8 Å². The zero-order valence-electron chi connectivity index (χ0n) is 10.4. The summed E-state index contributed by atoms with van der Waals surface area (Å²) in [6, 6.07) is 1.54. The zero-order chi connectivity index (χ0) is 14.1. The van der Waals surface area contributed by atoms with E-state index in [1.165, 1.54) is 0 Å². The van der Waals surface area contributed by atoms with E-state index in [1.807, 2.05) is 0 Å². The molecule has 0 radical (unpaired) electrons. The van der Waals surface area contributed by atoms with Crippen molar-refractivity contribution in [3.63, 3.8) is 0 Å². The maximum absolute atomic E-state index is 12.0. The molecule has 0 aromatic heterocycles. The number of nitrogens with one attached hydrogen (secondary N) is 2. The van der Waals surface area contributed by atoms with Gasteiger partial charge in [-0.05, 0) is 18.9 Å². The summed E-state index contributed by atoms with van der Waals surface area (Å²) in [6.45, 7) is 0. The van der Waals surface area contributed by atoms with Crippen molar-refractivity contribution < 1.29 is 4.79 Å². The first kappa shape index (κ1) is 13.9. The summed E-state index contributed by atoms with van der Waals surface area (Å²) in [5.41, 5.74) is 1.53. The topological polar surface area (TPSA) is 65.8 Å². The first-order valence-electron chi connectivity index (χ1n) is 6.33. The molecule has 0 saturated heterocycles. The molecule has 3 rings (SSSR count). The van der Waals surface area contributed by atoms with E-state index in [2.05, 4.69) is 19.4 Å². The molecule has 1 aliphatic carbocycles. The second-order valence-corrected chi connectivity index (χ2v) is 6.10. The molecule has 2 amide bonds. The molecular weight excluding hydrogens is 319 g/mol. The van der Waals surface area contributed by atoms with Crippen LogP contribution < -0.4 is 10.6 Å². The van der Waals surface area contributed by atoms with Crippen LogP contribution in [-0.4, -0.2) is 12.1 Å². The lowest BCUT2D eigenvalue weighted by Gasteiger charge is -2.15. The summed E-state index contributed by atoms with van der Waals surface area (Å²) >= 11 is 13.2. The van der Waals surface area contributed by atoms with E-state index in [1.54, 1.807) is 6.07 Å². The van der Waals surface area contributed by atoms with Gasteiger partial charge in [0.25, 0.3) is 0 Å². The molecule has 1 aromatic rings. The van der Waals surface area contributed by atoms with Gasteiger partial charge in [-0.25, -0.2) is 4.79 Å². The van der Waals surface area contributed by atoms with Gasteiger partial charge in [0.05, 0.1) is 27.1 Å². The van der Waals surface area contributed by atoms with E-state index in [9.17, 15) is 4.79 Å². The van der Waals surface area contributed by atoms with Gasteiger partial charge in [-0.1, -0.05) is 36.0 Å². The number of carbonyl (C=O) groups is 1. The molecule has 106 valence electrons. The number of hydrogen-bond acceptors (Lipinski definition) is 3. The monoisotopic (exact) mass is 330 g/mol. The molecule has 5 nitrogen and oxygen atoms in total. The lowest BCUT2D eigenvalue weighted by molar-refractivity contribution is 0.248. The predicted molar refractivity (Wildman–Crippen MR) is 82.4 cm³/mol. The second kappa shape index (κ2) is 5.71. The van der Waals surface area contributed by atoms with Crippen LogP contribution >= 0.6 is 23.2 Å². The number of hydrogen-bond donors (Lipinski definition) is 2. The summed E-state index contributed by atoms with van der Waals surface area (Å²) in [5.74, 6) is 0. The Kier molecular flexibility index (Phi) is 3.96. The summed E-state index contributed by atoms with van der Waals surface area (Å²) in [6.07, 6.45) is 4.37. The van der Waals surface area contributed by atoms with E-state index < -0.39 is 0 Å². The first-order valence-corrected chi connectivity index (χ1v) is 7.81. The van der Waals surface area contributed by atoms with Crippen molar-refractivity contribution in [3.8, 4) is 0 Å². The fourth-order valence-corrected chi connectivity index (χ4v) is 3.56. The van der Waals surface area contributed by atoms with Crippen LogP contribution in [0.2, 0.25) is 10.0 Å². The number of nitrogens with zero attached hydrogens (tertiary/aromatic N) is 2. The van der Waals surface area contributed by atoms with Crippen molar-refractivity contribution in [1.29, 1.82) is 0 Å². The Hall–Kier alpha value is -1.11. The number of rotatable bonds is 2. The van der Waals surface area contributed by atoms with Crippen LogP contribution in [-0.2, 0) is 11.4 Å². The molecule has 8 heteroatoms. The van der Waals surface area contributed by atoms with Crippen LogP contribution in [0.4, 0.5) is 21.9 Å². The minimum absolute atomic E-state index is 0.241. The summed E-state index contributed by atoms with van der Waals surface area (Å²) < 4.78 is 8.24. The Balaban J connectivity index is 1.79. The van der Waals surface area contributed by atoms with Crippen molar-refractivity contribution in [3.05, 3.63) is 16.1 Å². The molecule has 2 aliphatic rings. The van der Waals surface area contributed by atoms with Crippen LogP contribution in [0, 0.1) is 0 Å². The highest BCUT2D eigenvalue weighted by molar-refractivity contribution is 7.58. The van der Waals surface area contributed by atoms with E-state index in [0.717, 1.165) is 37.0 Å². The Morgan fingerprint density at radius 1 is 1.20 bits per heavy atom. The van der Waals surface area contributed by atoms with Gasteiger partial charge >= 0.3 is 6.03 Å². The maximum Gasteiger partial charge on any atom is 0.319 e. The highest BCUT2D eigenvalue weighted by Gasteiger charge is 2.22. The summed E-state index contributed by atoms with van der Waals surface area (Å²) in [5, 5.41) is 6.49. The normalized spacial score (nSPS) is 16.9. The fourth-order valence-electron chi connectivity index (χ4n) is 2.40. The van der Waals surface area contributed by atoms with Crippen LogP contribution in [0.25, 0.3) is 0 Å². The van der Waals surface area contributed by atoms with Gasteiger partial charge < -0.3 is 10.6 Å². The number of benzene rings is 1. The molecule has 20 heavy (non-hydrogen) atoms. The lowest BCUT2D eigenvalue weighted by Crippen LogP contribution is -2.36. The Labute approximate surface area is 129 Å². The van der Waals surface area contributed by atoms with Gasteiger partial charge in [0.15, 0.2) is 0 Å². The number of anilines is 1. The number of fused-ring (bicyclic) bond motifs is 1. The molecule has 2 N–H and O–H groups in total. The maximum atomic E-state index is 12.0. The van der Waals surface area contributed by atoms with Crippen molar-refractivity contribution in [2.75, 3.05) is 5.32 Å². The molecular formula is C12H12Cl2N4OS. The quantitative estimate of drug-likeness (QED) is 0.817. The third kappa shape index (κ3) is 2.68. The lowest BCUT2D eigenvalue weighted by atomic mass is 10.2. The van der Waals surface area contributed by atoms with E-state index in [0.29, 0.717) is 27.1 Å². The van der Waals surface area contributed by atoms with Crippen molar-refractivity contribution >= 4 is 57.6 Å². The highest BCUT2D eigenvalue weighted by Crippen LogP contribution is 2.47. The van der Waals surface area contributed by atoms with Gasteiger partial charge in [-0.15, -0.1) is 0 Å². The van der Waals surface area contributed by atoms with Gasteiger partial charge in [-0.2, -0.15) is 8.73 Å². The summed E-state index contributed by atoms with van der Waals surface area (Å²) in [7, 11) is 0. The number of halogens is 2. The average molecular weight is 331 g/mol. The van der Waals surface area contributed by atoms with Gasteiger partial charge in [0.2, 0.25) is 0 Å². The zero-order valence-corrected chi connectivity index (χ0v) is 12.8. The molecule has 0 spiro atoms. The fraction of sp³-hybridized carbons (Fsp3) is 0.417. The van der Waals surface area contributed by atoms with E-state index >= 15 is 0 Å². The molecule has 1 heterocycles. The van der Waals surface area contributed by atoms with E-state index in [4.69, 9.17) is 23.2 Å².